The van der Waals surface area contributed by atoms with Crippen LogP contribution in [0.4, 0.5) is 0 Å². The number of piperidine rings is 1. The molecular formula is C15H23N3O. The Morgan fingerprint density at radius 2 is 2.11 bits per heavy atom. The summed E-state index contributed by atoms with van der Waals surface area (Å²) in [6, 6.07) is 3.93. The summed E-state index contributed by atoms with van der Waals surface area (Å²) in [7, 11) is 0. The molecule has 0 spiro atoms. The zero-order chi connectivity index (χ0) is 13.1. The molecule has 0 saturated carbocycles. The predicted octanol–water partition coefficient (Wildman–Crippen LogP) is 1.41. The number of likely N-dealkylation sites (tertiary alicyclic amines) is 1. The van der Waals surface area contributed by atoms with E-state index in [1.54, 1.807) is 0 Å². The average Bonchev–Trinajstić information content (AvgIpc) is 3.10. The fourth-order valence-corrected chi connectivity index (χ4v) is 3.47. The largest absolute Gasteiger partial charge is 0.365 e. The van der Waals surface area contributed by atoms with Crippen molar-refractivity contribution in [1.82, 2.24) is 15.2 Å². The van der Waals surface area contributed by atoms with E-state index in [2.05, 4.69) is 15.2 Å². The van der Waals surface area contributed by atoms with Gasteiger partial charge in [0.25, 0.3) is 0 Å². The van der Waals surface area contributed by atoms with Gasteiger partial charge in [-0.25, -0.2) is 0 Å². The Morgan fingerprint density at radius 3 is 2.84 bits per heavy atom. The molecule has 2 N–H and O–H groups in total. The monoisotopic (exact) mass is 261 g/mol. The molecule has 3 heterocycles. The molecule has 0 radical (unpaired) electrons. The first-order valence-electron chi connectivity index (χ1n) is 7.43. The summed E-state index contributed by atoms with van der Waals surface area (Å²) < 4.78 is 0. The zero-order valence-electron chi connectivity index (χ0n) is 11.4. The number of amides is 1. The lowest BCUT2D eigenvalue weighted by molar-refractivity contribution is -0.129. The number of carbonyl (C=O) groups is 1. The lowest BCUT2D eigenvalue weighted by Crippen LogP contribution is -2.34. The van der Waals surface area contributed by atoms with E-state index in [1.165, 1.54) is 19.3 Å². The van der Waals surface area contributed by atoms with Gasteiger partial charge in [0.15, 0.2) is 0 Å². The summed E-state index contributed by atoms with van der Waals surface area (Å²) in [5.41, 5.74) is 1.02. The molecule has 1 unspecified atom stereocenters. The molecule has 2 fully saturated rings. The van der Waals surface area contributed by atoms with E-state index in [4.69, 9.17) is 0 Å². The van der Waals surface area contributed by atoms with E-state index in [9.17, 15) is 4.79 Å². The molecule has 2 saturated heterocycles. The van der Waals surface area contributed by atoms with Crippen LogP contribution in [0.2, 0.25) is 0 Å². The first-order chi connectivity index (χ1) is 9.33. The van der Waals surface area contributed by atoms with Gasteiger partial charge in [-0.3, -0.25) is 4.79 Å². The van der Waals surface area contributed by atoms with Crippen molar-refractivity contribution in [2.24, 2.45) is 11.8 Å². The van der Waals surface area contributed by atoms with Crippen LogP contribution in [-0.2, 0) is 11.2 Å². The van der Waals surface area contributed by atoms with Gasteiger partial charge in [0.05, 0.1) is 6.42 Å². The third-order valence-electron chi connectivity index (χ3n) is 4.63. The highest BCUT2D eigenvalue weighted by Crippen LogP contribution is 2.30. The predicted molar refractivity (Wildman–Crippen MR) is 74.8 cm³/mol. The van der Waals surface area contributed by atoms with E-state index >= 15 is 0 Å². The van der Waals surface area contributed by atoms with Crippen molar-refractivity contribution in [3.8, 4) is 0 Å². The van der Waals surface area contributed by atoms with Gasteiger partial charge in [-0.05, 0) is 56.3 Å². The summed E-state index contributed by atoms with van der Waals surface area (Å²) in [4.78, 5) is 17.4. The summed E-state index contributed by atoms with van der Waals surface area (Å²) in [5.74, 6) is 1.83. The molecular weight excluding hydrogens is 238 g/mol. The Labute approximate surface area is 114 Å². The summed E-state index contributed by atoms with van der Waals surface area (Å²) in [6.45, 7) is 4.23. The van der Waals surface area contributed by atoms with E-state index < -0.39 is 0 Å². The molecule has 1 aromatic heterocycles. The maximum atomic E-state index is 12.2. The number of rotatable bonds is 3. The number of nitrogens with zero attached hydrogens (tertiary/aromatic N) is 1. The van der Waals surface area contributed by atoms with Crippen LogP contribution in [0, 0.1) is 11.8 Å². The molecule has 0 aliphatic carbocycles. The molecule has 2 aliphatic rings. The van der Waals surface area contributed by atoms with Gasteiger partial charge < -0.3 is 15.2 Å². The molecule has 0 bridgehead atoms. The van der Waals surface area contributed by atoms with Crippen LogP contribution in [0.15, 0.2) is 18.3 Å². The number of hydrogen-bond acceptors (Lipinski definition) is 2. The summed E-state index contributed by atoms with van der Waals surface area (Å²) in [6.07, 6.45) is 6.16. The SMILES string of the molecule is O=C(Cc1ccc[nH]1)N1CCC(C2CCNCC2)C1. The Hall–Kier alpha value is -1.29. The van der Waals surface area contributed by atoms with Gasteiger partial charge in [0, 0.05) is 25.0 Å². The lowest BCUT2D eigenvalue weighted by Gasteiger charge is -2.28. The molecule has 1 atom stereocenters. The Balaban J connectivity index is 1.52. The van der Waals surface area contributed by atoms with Gasteiger partial charge in [0.1, 0.15) is 0 Å². The summed E-state index contributed by atoms with van der Waals surface area (Å²) in [5, 5.41) is 3.42. The number of carbonyl (C=O) groups excluding carboxylic acids is 1. The van der Waals surface area contributed by atoms with Gasteiger partial charge in [-0.2, -0.15) is 0 Å². The van der Waals surface area contributed by atoms with Crippen LogP contribution >= 0.6 is 0 Å². The Kier molecular flexibility index (Phi) is 3.87. The second-order valence-electron chi connectivity index (χ2n) is 5.85. The van der Waals surface area contributed by atoms with Crippen molar-refractivity contribution in [3.05, 3.63) is 24.0 Å². The zero-order valence-corrected chi connectivity index (χ0v) is 11.4. The molecule has 4 heteroatoms. The van der Waals surface area contributed by atoms with Gasteiger partial charge >= 0.3 is 0 Å². The van der Waals surface area contributed by atoms with E-state index in [0.717, 1.165) is 43.7 Å². The third kappa shape index (κ3) is 3.00. The van der Waals surface area contributed by atoms with Crippen molar-refractivity contribution < 1.29 is 4.79 Å². The number of aromatic amines is 1. The van der Waals surface area contributed by atoms with Crippen LogP contribution in [0.25, 0.3) is 0 Å². The van der Waals surface area contributed by atoms with Gasteiger partial charge in [0.2, 0.25) is 5.91 Å². The molecule has 1 aromatic rings. The van der Waals surface area contributed by atoms with Crippen molar-refractivity contribution in [2.75, 3.05) is 26.2 Å². The van der Waals surface area contributed by atoms with Crippen LogP contribution in [0.3, 0.4) is 0 Å². The molecule has 3 rings (SSSR count). The second kappa shape index (κ2) is 5.78. The second-order valence-corrected chi connectivity index (χ2v) is 5.85. The fourth-order valence-electron chi connectivity index (χ4n) is 3.47. The minimum atomic E-state index is 0.277. The number of H-pyrrole nitrogens is 1. The van der Waals surface area contributed by atoms with Crippen molar-refractivity contribution in [1.29, 1.82) is 0 Å². The van der Waals surface area contributed by atoms with Crippen molar-refractivity contribution >= 4 is 5.91 Å². The molecule has 19 heavy (non-hydrogen) atoms. The first kappa shape index (κ1) is 12.7. The Bertz CT molecular complexity index is 409. The minimum Gasteiger partial charge on any atom is -0.365 e. The van der Waals surface area contributed by atoms with Crippen LogP contribution in [-0.4, -0.2) is 42.0 Å². The average molecular weight is 261 g/mol. The van der Waals surface area contributed by atoms with Crippen LogP contribution in [0.1, 0.15) is 25.0 Å². The van der Waals surface area contributed by atoms with Crippen LogP contribution in [0.5, 0.6) is 0 Å². The highest BCUT2D eigenvalue weighted by Gasteiger charge is 2.32. The highest BCUT2D eigenvalue weighted by molar-refractivity contribution is 5.78. The number of nitrogens with one attached hydrogen (secondary N) is 2. The number of aromatic nitrogens is 1. The maximum absolute atomic E-state index is 12.2. The fraction of sp³-hybridized carbons (Fsp3) is 0.667. The van der Waals surface area contributed by atoms with Gasteiger partial charge in [-0.1, -0.05) is 0 Å². The van der Waals surface area contributed by atoms with Gasteiger partial charge in [-0.15, -0.1) is 0 Å². The lowest BCUT2D eigenvalue weighted by atomic mass is 9.84. The van der Waals surface area contributed by atoms with E-state index in [-0.39, 0.29) is 5.91 Å². The smallest absolute Gasteiger partial charge is 0.228 e. The molecule has 0 aromatic carbocycles. The van der Waals surface area contributed by atoms with Crippen molar-refractivity contribution in [2.45, 2.75) is 25.7 Å². The molecule has 4 nitrogen and oxygen atoms in total. The van der Waals surface area contributed by atoms with E-state index in [0.29, 0.717) is 6.42 Å². The Morgan fingerprint density at radius 1 is 1.26 bits per heavy atom. The quantitative estimate of drug-likeness (QED) is 0.864. The summed E-state index contributed by atoms with van der Waals surface area (Å²) >= 11 is 0. The normalized spacial score (nSPS) is 24.8. The number of hydrogen-bond donors (Lipinski definition) is 2. The maximum Gasteiger partial charge on any atom is 0.228 e. The molecule has 104 valence electrons. The van der Waals surface area contributed by atoms with Crippen LogP contribution < -0.4 is 5.32 Å². The van der Waals surface area contributed by atoms with E-state index in [1.807, 2.05) is 18.3 Å². The third-order valence-corrected chi connectivity index (χ3v) is 4.63. The standard InChI is InChI=1S/C15H23N3O/c19-15(10-14-2-1-6-17-14)18-9-5-13(11-18)12-3-7-16-8-4-12/h1-2,6,12-13,16-17H,3-5,7-11H2. The molecule has 1 amide bonds. The first-order valence-corrected chi connectivity index (χ1v) is 7.43. The topological polar surface area (TPSA) is 48.1 Å². The minimum absolute atomic E-state index is 0.277. The van der Waals surface area contributed by atoms with Crippen molar-refractivity contribution in [3.63, 3.8) is 0 Å². The molecule has 2 aliphatic heterocycles. The highest BCUT2D eigenvalue weighted by atomic mass is 16.2.